The summed E-state index contributed by atoms with van der Waals surface area (Å²) in [5, 5.41) is 7.77. The van der Waals surface area contributed by atoms with E-state index in [0.29, 0.717) is 23.8 Å². The normalized spacial score (nSPS) is 12.7. The first kappa shape index (κ1) is 22.1. The van der Waals surface area contributed by atoms with E-state index < -0.39 is 16.1 Å². The van der Waals surface area contributed by atoms with Crippen LogP contribution in [0.25, 0.3) is 10.9 Å². The first-order valence-electron chi connectivity index (χ1n) is 9.95. The van der Waals surface area contributed by atoms with E-state index in [-0.39, 0.29) is 9.77 Å². The summed E-state index contributed by atoms with van der Waals surface area (Å²) in [6, 6.07) is 15.7. The molecule has 0 bridgehead atoms. The van der Waals surface area contributed by atoms with Gasteiger partial charge in [-0.15, -0.1) is 0 Å². The van der Waals surface area contributed by atoms with Gasteiger partial charge in [-0.1, -0.05) is 29.5 Å². The summed E-state index contributed by atoms with van der Waals surface area (Å²) in [7, 11) is -3.72. The summed E-state index contributed by atoms with van der Waals surface area (Å²) < 4.78 is 33.8. The van der Waals surface area contributed by atoms with Crippen LogP contribution in [0, 0.1) is 6.92 Å². The van der Waals surface area contributed by atoms with Crippen molar-refractivity contribution in [2.24, 2.45) is 0 Å². The topological polar surface area (TPSA) is 114 Å². The second-order valence-corrected chi connectivity index (χ2v) is 10.2. The van der Waals surface area contributed by atoms with E-state index in [1.54, 1.807) is 19.1 Å². The zero-order valence-electron chi connectivity index (χ0n) is 17.5. The standard InChI is InChI=1S/C22H22N4O4S2/c1-14-11-16(19-5-3-4-6-20(19)23-14)13-30-17-7-9-18(10-8-17)32(28,29)26-15(2)12-21-24-25-22(27)31-21/h3-11,15,26H,12-13H2,1-2H3,(H,25,27). The molecule has 0 amide bonds. The Bertz CT molecular complexity index is 1400. The maximum atomic E-state index is 12.7. The van der Waals surface area contributed by atoms with Gasteiger partial charge in [0.1, 0.15) is 17.4 Å². The lowest BCUT2D eigenvalue weighted by Gasteiger charge is -2.14. The fourth-order valence-corrected chi connectivity index (χ4v) is 5.35. The molecule has 2 aromatic carbocycles. The Morgan fingerprint density at radius 3 is 2.62 bits per heavy atom. The van der Waals surface area contributed by atoms with Crippen molar-refractivity contribution in [2.75, 3.05) is 0 Å². The first-order chi connectivity index (χ1) is 15.3. The number of nitrogens with zero attached hydrogens (tertiary/aromatic N) is 2. The Balaban J connectivity index is 1.42. The Morgan fingerprint density at radius 2 is 1.91 bits per heavy atom. The van der Waals surface area contributed by atoms with Crippen molar-refractivity contribution >= 4 is 32.3 Å². The number of benzene rings is 2. The van der Waals surface area contributed by atoms with Crippen LogP contribution in [0.15, 0.2) is 64.3 Å². The highest BCUT2D eigenvalue weighted by Gasteiger charge is 2.19. The van der Waals surface area contributed by atoms with Gasteiger partial charge in [0, 0.05) is 29.1 Å². The molecule has 4 aromatic rings. The molecule has 166 valence electrons. The number of ether oxygens (including phenoxy) is 1. The number of pyridine rings is 1. The fraction of sp³-hybridized carbons (Fsp3) is 0.227. The van der Waals surface area contributed by atoms with Crippen LogP contribution in [0.2, 0.25) is 0 Å². The van der Waals surface area contributed by atoms with Crippen molar-refractivity contribution in [2.45, 2.75) is 37.8 Å². The molecule has 4 rings (SSSR count). The van der Waals surface area contributed by atoms with Gasteiger partial charge in [0.05, 0.1) is 10.4 Å². The van der Waals surface area contributed by atoms with Crippen LogP contribution < -0.4 is 14.3 Å². The monoisotopic (exact) mass is 470 g/mol. The lowest BCUT2D eigenvalue weighted by Crippen LogP contribution is -2.34. The SMILES string of the molecule is Cc1cc(COc2ccc(S(=O)(=O)NC(C)Cc3n[nH]c(=O)s3)cc2)c2ccccc2n1. The number of para-hydroxylation sites is 1. The molecule has 8 nitrogen and oxygen atoms in total. The molecule has 0 saturated heterocycles. The molecule has 0 saturated carbocycles. The second-order valence-electron chi connectivity index (χ2n) is 7.43. The summed E-state index contributed by atoms with van der Waals surface area (Å²) in [6.07, 6.45) is 0.323. The van der Waals surface area contributed by atoms with Gasteiger partial charge in [-0.3, -0.25) is 9.78 Å². The van der Waals surface area contributed by atoms with Crippen molar-refractivity contribution in [3.05, 3.63) is 80.5 Å². The molecule has 2 aromatic heterocycles. The number of aromatic nitrogens is 3. The summed E-state index contributed by atoms with van der Waals surface area (Å²) in [6.45, 7) is 4.01. The van der Waals surface area contributed by atoms with Crippen LogP contribution in [-0.2, 0) is 23.1 Å². The highest BCUT2D eigenvalue weighted by Crippen LogP contribution is 2.22. The number of hydrogen-bond acceptors (Lipinski definition) is 7. The van der Waals surface area contributed by atoms with Crippen LogP contribution in [-0.4, -0.2) is 29.6 Å². The minimum Gasteiger partial charge on any atom is -0.489 e. The highest BCUT2D eigenvalue weighted by atomic mass is 32.2. The van der Waals surface area contributed by atoms with Gasteiger partial charge in [0.25, 0.3) is 0 Å². The molecular formula is C22H22N4O4S2. The molecule has 0 radical (unpaired) electrons. The molecule has 0 aliphatic heterocycles. The quantitative estimate of drug-likeness (QED) is 0.409. The Morgan fingerprint density at radius 1 is 1.16 bits per heavy atom. The number of nitrogens with one attached hydrogen (secondary N) is 2. The van der Waals surface area contributed by atoms with E-state index in [9.17, 15) is 13.2 Å². The summed E-state index contributed by atoms with van der Waals surface area (Å²) in [5.41, 5.74) is 2.84. The number of sulfonamides is 1. The van der Waals surface area contributed by atoms with Gasteiger partial charge in [-0.05, 0) is 50.2 Å². The first-order valence-corrected chi connectivity index (χ1v) is 12.2. The van der Waals surface area contributed by atoms with E-state index in [0.717, 1.165) is 33.5 Å². The van der Waals surface area contributed by atoms with Crippen molar-refractivity contribution in [3.8, 4) is 5.75 Å². The summed E-state index contributed by atoms with van der Waals surface area (Å²) in [4.78, 5) is 15.6. The lowest BCUT2D eigenvalue weighted by atomic mass is 10.1. The third-order valence-electron chi connectivity index (χ3n) is 4.78. The molecule has 0 aliphatic rings. The number of hydrogen-bond donors (Lipinski definition) is 2. The summed E-state index contributed by atoms with van der Waals surface area (Å²) in [5.74, 6) is 0.567. The zero-order chi connectivity index (χ0) is 22.7. The van der Waals surface area contributed by atoms with Crippen molar-refractivity contribution in [3.63, 3.8) is 0 Å². The molecule has 2 N–H and O–H groups in total. The van der Waals surface area contributed by atoms with E-state index in [2.05, 4.69) is 19.9 Å². The Labute approximate surface area is 189 Å². The van der Waals surface area contributed by atoms with Crippen LogP contribution >= 0.6 is 11.3 Å². The second kappa shape index (κ2) is 9.19. The smallest absolute Gasteiger partial charge is 0.322 e. The molecule has 1 atom stereocenters. The minimum atomic E-state index is -3.72. The molecule has 0 fully saturated rings. The van der Waals surface area contributed by atoms with Gasteiger partial charge < -0.3 is 4.74 Å². The van der Waals surface area contributed by atoms with Gasteiger partial charge >= 0.3 is 4.87 Å². The van der Waals surface area contributed by atoms with Crippen LogP contribution in [0.4, 0.5) is 0 Å². The third kappa shape index (κ3) is 5.21. The molecular weight excluding hydrogens is 448 g/mol. The number of rotatable bonds is 8. The predicted molar refractivity (Wildman–Crippen MR) is 123 cm³/mol. The molecule has 10 heteroatoms. The van der Waals surface area contributed by atoms with E-state index in [1.165, 1.54) is 12.1 Å². The number of aromatic amines is 1. The molecule has 1 unspecified atom stereocenters. The Hall–Kier alpha value is -3.08. The maximum absolute atomic E-state index is 12.7. The van der Waals surface area contributed by atoms with E-state index in [1.807, 2.05) is 37.3 Å². The molecule has 32 heavy (non-hydrogen) atoms. The van der Waals surface area contributed by atoms with E-state index in [4.69, 9.17) is 4.74 Å². The summed E-state index contributed by atoms with van der Waals surface area (Å²) >= 11 is 0.967. The van der Waals surface area contributed by atoms with Gasteiger partial charge in [0.15, 0.2) is 0 Å². The molecule has 0 aliphatic carbocycles. The third-order valence-corrected chi connectivity index (χ3v) is 7.15. The van der Waals surface area contributed by atoms with Crippen molar-refractivity contribution in [1.82, 2.24) is 19.9 Å². The van der Waals surface area contributed by atoms with E-state index >= 15 is 0 Å². The highest BCUT2D eigenvalue weighted by molar-refractivity contribution is 7.89. The average Bonchev–Trinajstić information content (AvgIpc) is 3.16. The van der Waals surface area contributed by atoms with Crippen LogP contribution in [0.5, 0.6) is 5.75 Å². The molecule has 2 heterocycles. The van der Waals surface area contributed by atoms with Crippen LogP contribution in [0.1, 0.15) is 23.2 Å². The maximum Gasteiger partial charge on any atom is 0.322 e. The predicted octanol–water partition coefficient (Wildman–Crippen LogP) is 3.18. The van der Waals surface area contributed by atoms with Gasteiger partial charge in [-0.25, -0.2) is 18.2 Å². The van der Waals surface area contributed by atoms with Gasteiger partial charge in [0.2, 0.25) is 10.0 Å². The minimum absolute atomic E-state index is 0.136. The lowest BCUT2D eigenvalue weighted by molar-refractivity contribution is 0.307. The van der Waals surface area contributed by atoms with Crippen molar-refractivity contribution < 1.29 is 13.2 Å². The zero-order valence-corrected chi connectivity index (χ0v) is 19.2. The van der Waals surface area contributed by atoms with Gasteiger partial charge in [-0.2, -0.15) is 5.10 Å². The Kier molecular flexibility index (Phi) is 6.35. The average molecular weight is 471 g/mol. The van der Waals surface area contributed by atoms with Crippen LogP contribution in [0.3, 0.4) is 0 Å². The number of aryl methyl sites for hydroxylation is 1. The number of fused-ring (bicyclic) bond motifs is 1. The fourth-order valence-electron chi connectivity index (χ4n) is 3.37. The van der Waals surface area contributed by atoms with Crippen molar-refractivity contribution in [1.29, 1.82) is 0 Å². The number of H-pyrrole nitrogens is 1. The largest absolute Gasteiger partial charge is 0.489 e. The molecule has 0 spiro atoms.